The van der Waals surface area contributed by atoms with Crippen molar-refractivity contribution in [3.05, 3.63) is 60.8 Å². The van der Waals surface area contributed by atoms with Gasteiger partial charge in [-0.3, -0.25) is 0 Å². The van der Waals surface area contributed by atoms with E-state index in [1.54, 1.807) is 6.20 Å². The number of hydrogen-bond acceptors (Lipinski definition) is 7. The van der Waals surface area contributed by atoms with Crippen molar-refractivity contribution in [2.24, 2.45) is 0 Å². The van der Waals surface area contributed by atoms with Gasteiger partial charge >= 0.3 is 0 Å². The molecule has 0 bridgehead atoms. The van der Waals surface area contributed by atoms with E-state index in [1.807, 2.05) is 42.5 Å². The Kier molecular flexibility index (Phi) is 7.53. The normalized spacial score (nSPS) is 14.3. The Morgan fingerprint density at radius 1 is 1.03 bits per heavy atom. The van der Waals surface area contributed by atoms with E-state index in [0.29, 0.717) is 5.95 Å². The summed E-state index contributed by atoms with van der Waals surface area (Å²) in [6.07, 6.45) is 3.89. The largest absolute Gasteiger partial charge is 0.490 e. The summed E-state index contributed by atoms with van der Waals surface area (Å²) in [5.74, 6) is 1.45. The predicted octanol–water partition coefficient (Wildman–Crippen LogP) is 4.42. The number of nitrogens with one attached hydrogen (secondary N) is 2. The summed E-state index contributed by atoms with van der Waals surface area (Å²) in [4.78, 5) is 11.2. The summed E-state index contributed by atoms with van der Waals surface area (Å²) in [5.41, 5.74) is 3.89. The van der Waals surface area contributed by atoms with E-state index in [0.717, 1.165) is 67.5 Å². The third-order valence-corrected chi connectivity index (χ3v) is 5.28. The van der Waals surface area contributed by atoms with Crippen molar-refractivity contribution in [3.8, 4) is 17.0 Å². The number of benzene rings is 2. The second kappa shape index (κ2) is 10.9. The molecule has 32 heavy (non-hydrogen) atoms. The minimum Gasteiger partial charge on any atom is -0.490 e. The minimum atomic E-state index is 0.234. The predicted molar refractivity (Wildman–Crippen MR) is 129 cm³/mol. The highest BCUT2D eigenvalue weighted by Gasteiger charge is 2.15. The Hall–Kier alpha value is -3.16. The van der Waals surface area contributed by atoms with Crippen molar-refractivity contribution in [2.75, 3.05) is 51.0 Å². The third kappa shape index (κ3) is 6.42. The molecule has 0 unspecified atom stereocenters. The molecule has 0 aliphatic carbocycles. The highest BCUT2D eigenvalue weighted by molar-refractivity contribution is 5.64. The number of rotatable bonds is 9. The van der Waals surface area contributed by atoms with Crippen LogP contribution in [0.4, 0.5) is 17.3 Å². The Balaban J connectivity index is 1.39. The molecule has 1 fully saturated rings. The SMILES string of the molecule is CN(C)CCNc1cccc(Nc2nccc(-c3ccc(OC4CCOCC4)cc3)n2)c1. The molecule has 2 heterocycles. The Bertz CT molecular complexity index is 988. The van der Waals surface area contributed by atoms with Crippen molar-refractivity contribution < 1.29 is 9.47 Å². The van der Waals surface area contributed by atoms with Gasteiger partial charge in [0.2, 0.25) is 5.95 Å². The van der Waals surface area contributed by atoms with E-state index in [4.69, 9.17) is 14.5 Å². The summed E-state index contributed by atoms with van der Waals surface area (Å²) in [6, 6.07) is 18.1. The first-order chi connectivity index (χ1) is 15.7. The van der Waals surface area contributed by atoms with Gasteiger partial charge in [-0.15, -0.1) is 0 Å². The van der Waals surface area contributed by atoms with Crippen LogP contribution in [-0.4, -0.2) is 61.4 Å². The maximum atomic E-state index is 6.07. The van der Waals surface area contributed by atoms with Crippen molar-refractivity contribution in [3.63, 3.8) is 0 Å². The van der Waals surface area contributed by atoms with E-state index in [1.165, 1.54) is 0 Å². The lowest BCUT2D eigenvalue weighted by atomic mass is 10.1. The molecule has 2 N–H and O–H groups in total. The summed E-state index contributed by atoms with van der Waals surface area (Å²) >= 11 is 0. The van der Waals surface area contributed by atoms with E-state index >= 15 is 0 Å². The summed E-state index contributed by atoms with van der Waals surface area (Å²) in [7, 11) is 4.13. The molecule has 168 valence electrons. The van der Waals surface area contributed by atoms with Crippen molar-refractivity contribution in [2.45, 2.75) is 18.9 Å². The van der Waals surface area contributed by atoms with Crippen LogP contribution in [0.3, 0.4) is 0 Å². The van der Waals surface area contributed by atoms with E-state index in [-0.39, 0.29) is 6.10 Å². The molecule has 3 aromatic rings. The lowest BCUT2D eigenvalue weighted by molar-refractivity contribution is 0.0256. The quantitative estimate of drug-likeness (QED) is 0.518. The number of likely N-dealkylation sites (N-methyl/N-ethyl adjacent to an activating group) is 1. The molecule has 1 aromatic heterocycles. The zero-order valence-corrected chi connectivity index (χ0v) is 18.8. The smallest absolute Gasteiger partial charge is 0.227 e. The molecule has 0 saturated carbocycles. The number of ether oxygens (including phenoxy) is 2. The van der Waals surface area contributed by atoms with Gasteiger partial charge in [0.05, 0.1) is 18.9 Å². The third-order valence-electron chi connectivity index (χ3n) is 5.28. The van der Waals surface area contributed by atoms with Gasteiger partial charge in [-0.05, 0) is 62.6 Å². The van der Waals surface area contributed by atoms with E-state index in [2.05, 4.69) is 46.7 Å². The molecule has 0 amide bonds. The Morgan fingerprint density at radius 3 is 2.59 bits per heavy atom. The zero-order valence-electron chi connectivity index (χ0n) is 18.8. The first-order valence-corrected chi connectivity index (χ1v) is 11.1. The van der Waals surface area contributed by atoms with Gasteiger partial charge in [0, 0.05) is 49.1 Å². The second-order valence-electron chi connectivity index (χ2n) is 8.16. The number of nitrogens with zero attached hydrogens (tertiary/aromatic N) is 3. The molecule has 1 saturated heterocycles. The highest BCUT2D eigenvalue weighted by atomic mass is 16.5. The Labute approximate surface area is 189 Å². The van der Waals surface area contributed by atoms with Gasteiger partial charge in [0.15, 0.2) is 0 Å². The van der Waals surface area contributed by atoms with Crippen LogP contribution in [0.15, 0.2) is 60.8 Å². The molecular weight excluding hydrogens is 402 g/mol. The molecular formula is C25H31N5O2. The summed E-state index contributed by atoms with van der Waals surface area (Å²) in [5, 5.41) is 6.74. The first-order valence-electron chi connectivity index (χ1n) is 11.1. The number of aromatic nitrogens is 2. The zero-order chi connectivity index (χ0) is 22.2. The van der Waals surface area contributed by atoms with E-state index < -0.39 is 0 Å². The summed E-state index contributed by atoms with van der Waals surface area (Å²) < 4.78 is 11.5. The van der Waals surface area contributed by atoms with Gasteiger partial charge in [0.1, 0.15) is 11.9 Å². The van der Waals surface area contributed by atoms with E-state index in [9.17, 15) is 0 Å². The van der Waals surface area contributed by atoms with Gasteiger partial charge in [-0.2, -0.15) is 0 Å². The molecule has 0 spiro atoms. The summed E-state index contributed by atoms with van der Waals surface area (Å²) in [6.45, 7) is 3.40. The van der Waals surface area contributed by atoms with Gasteiger partial charge < -0.3 is 25.0 Å². The minimum absolute atomic E-state index is 0.234. The van der Waals surface area contributed by atoms with Crippen LogP contribution in [0.1, 0.15) is 12.8 Å². The lowest BCUT2D eigenvalue weighted by Crippen LogP contribution is -2.25. The van der Waals surface area contributed by atoms with Crippen molar-refractivity contribution in [1.29, 1.82) is 0 Å². The number of hydrogen-bond donors (Lipinski definition) is 2. The molecule has 2 aromatic carbocycles. The monoisotopic (exact) mass is 433 g/mol. The second-order valence-corrected chi connectivity index (χ2v) is 8.16. The molecule has 0 radical (unpaired) electrons. The average molecular weight is 434 g/mol. The van der Waals surface area contributed by atoms with Crippen LogP contribution in [0.25, 0.3) is 11.3 Å². The molecule has 1 aliphatic rings. The first kappa shape index (κ1) is 22.0. The standard InChI is InChI=1S/C25H31N5O2/c1-30(2)15-14-26-20-4-3-5-21(18-20)28-25-27-13-10-24(29-25)19-6-8-22(9-7-19)32-23-11-16-31-17-12-23/h3-10,13,18,23,26H,11-12,14-17H2,1-2H3,(H,27,28,29). The van der Waals surface area contributed by atoms with Crippen LogP contribution in [-0.2, 0) is 4.74 Å². The maximum Gasteiger partial charge on any atom is 0.227 e. The van der Waals surface area contributed by atoms with Crippen LogP contribution in [0.5, 0.6) is 5.75 Å². The fourth-order valence-corrected chi connectivity index (χ4v) is 3.53. The van der Waals surface area contributed by atoms with Crippen molar-refractivity contribution in [1.82, 2.24) is 14.9 Å². The van der Waals surface area contributed by atoms with Gasteiger partial charge in [-0.1, -0.05) is 6.07 Å². The van der Waals surface area contributed by atoms with Gasteiger partial charge in [-0.25, -0.2) is 9.97 Å². The van der Waals surface area contributed by atoms with Crippen molar-refractivity contribution >= 4 is 17.3 Å². The van der Waals surface area contributed by atoms with Crippen LogP contribution in [0, 0.1) is 0 Å². The molecule has 0 atom stereocenters. The van der Waals surface area contributed by atoms with Crippen LogP contribution < -0.4 is 15.4 Å². The molecule has 7 heteroatoms. The number of anilines is 3. The van der Waals surface area contributed by atoms with Crippen LogP contribution >= 0.6 is 0 Å². The fourth-order valence-electron chi connectivity index (χ4n) is 3.53. The van der Waals surface area contributed by atoms with Crippen LogP contribution in [0.2, 0.25) is 0 Å². The Morgan fingerprint density at radius 2 is 1.81 bits per heavy atom. The maximum absolute atomic E-state index is 6.07. The molecule has 7 nitrogen and oxygen atoms in total. The topological polar surface area (TPSA) is 71.5 Å². The van der Waals surface area contributed by atoms with Gasteiger partial charge in [0.25, 0.3) is 0 Å². The average Bonchev–Trinajstić information content (AvgIpc) is 2.80. The molecule has 4 rings (SSSR count). The molecule has 1 aliphatic heterocycles. The highest BCUT2D eigenvalue weighted by Crippen LogP contribution is 2.24. The fraction of sp³-hybridized carbons (Fsp3) is 0.360. The lowest BCUT2D eigenvalue weighted by Gasteiger charge is -2.23.